The number of rotatable bonds is 4. The third-order valence-corrected chi connectivity index (χ3v) is 3.25. The second-order valence-electron chi connectivity index (χ2n) is 4.65. The molecule has 1 aromatic rings. The number of ether oxygens (including phenoxy) is 1. The van der Waals surface area contributed by atoms with Gasteiger partial charge in [0.1, 0.15) is 5.60 Å². The monoisotopic (exact) mass is 237 g/mol. The zero-order valence-corrected chi connectivity index (χ0v) is 10.7. The Morgan fingerprint density at radius 2 is 1.88 bits per heavy atom. The summed E-state index contributed by atoms with van der Waals surface area (Å²) in [6.07, 6.45) is 3.18. The lowest BCUT2D eigenvalue weighted by Crippen LogP contribution is -2.46. The van der Waals surface area contributed by atoms with E-state index in [1.165, 1.54) is 0 Å². The molecule has 0 amide bonds. The number of aromatic nitrogens is 1. The normalized spacial score (nSPS) is 15.1. The Hall–Kier alpha value is -1.42. The van der Waals surface area contributed by atoms with Gasteiger partial charge in [-0.2, -0.15) is 0 Å². The van der Waals surface area contributed by atoms with Crippen molar-refractivity contribution in [3.05, 3.63) is 30.1 Å². The predicted octanol–water partition coefficient (Wildman–Crippen LogP) is 1.88. The van der Waals surface area contributed by atoms with Gasteiger partial charge in [-0.1, -0.05) is 0 Å². The molecule has 0 aliphatic rings. The van der Waals surface area contributed by atoms with Crippen LogP contribution >= 0.6 is 0 Å². The molecular formula is C13H19NO3. The largest absolute Gasteiger partial charge is 0.465 e. The first-order valence-corrected chi connectivity index (χ1v) is 5.64. The zero-order chi connectivity index (χ0) is 13.1. The molecule has 0 bridgehead atoms. The highest BCUT2D eigenvalue weighted by molar-refractivity contribution is 5.77. The van der Waals surface area contributed by atoms with E-state index in [0.29, 0.717) is 12.2 Å². The van der Waals surface area contributed by atoms with Crippen LogP contribution in [0.4, 0.5) is 0 Å². The van der Waals surface area contributed by atoms with E-state index in [2.05, 4.69) is 4.98 Å². The van der Waals surface area contributed by atoms with Gasteiger partial charge in [-0.25, -0.2) is 0 Å². The van der Waals surface area contributed by atoms with Crippen LogP contribution in [0.2, 0.25) is 0 Å². The molecule has 4 heteroatoms. The van der Waals surface area contributed by atoms with Gasteiger partial charge in [0.2, 0.25) is 0 Å². The molecule has 0 saturated carbocycles. The van der Waals surface area contributed by atoms with Crippen molar-refractivity contribution in [1.82, 2.24) is 4.98 Å². The average Bonchev–Trinajstić information content (AvgIpc) is 2.30. The van der Waals surface area contributed by atoms with Crippen LogP contribution in [-0.4, -0.2) is 22.7 Å². The van der Waals surface area contributed by atoms with Gasteiger partial charge in [-0.3, -0.25) is 9.78 Å². The van der Waals surface area contributed by atoms with Gasteiger partial charge in [-0.15, -0.1) is 0 Å². The van der Waals surface area contributed by atoms with Gasteiger partial charge in [0.25, 0.3) is 0 Å². The maximum Gasteiger partial charge on any atom is 0.314 e. The molecule has 0 aliphatic carbocycles. The number of hydrogen-bond donors (Lipinski definition) is 1. The Morgan fingerprint density at radius 1 is 1.35 bits per heavy atom. The summed E-state index contributed by atoms with van der Waals surface area (Å²) < 4.78 is 5.00. The van der Waals surface area contributed by atoms with Gasteiger partial charge in [0.15, 0.2) is 0 Å². The van der Waals surface area contributed by atoms with E-state index in [-0.39, 0.29) is 0 Å². The van der Waals surface area contributed by atoms with Crippen LogP contribution in [0.5, 0.6) is 0 Å². The Bertz CT molecular complexity index is 385. The van der Waals surface area contributed by atoms with E-state index in [0.717, 1.165) is 0 Å². The van der Waals surface area contributed by atoms with E-state index in [1.807, 2.05) is 0 Å². The van der Waals surface area contributed by atoms with E-state index < -0.39 is 17.0 Å². The number of pyridine rings is 1. The maximum absolute atomic E-state index is 11.9. The molecule has 0 radical (unpaired) electrons. The van der Waals surface area contributed by atoms with Crippen molar-refractivity contribution in [2.24, 2.45) is 5.41 Å². The van der Waals surface area contributed by atoms with Gasteiger partial charge in [0.05, 0.1) is 12.0 Å². The van der Waals surface area contributed by atoms with Crippen LogP contribution in [0.1, 0.15) is 33.3 Å². The highest BCUT2D eigenvalue weighted by Crippen LogP contribution is 2.40. The number of nitrogens with zero attached hydrogens (tertiary/aromatic N) is 1. The molecule has 0 spiro atoms. The molecule has 1 heterocycles. The Kier molecular flexibility index (Phi) is 3.88. The lowest BCUT2D eigenvalue weighted by Gasteiger charge is -2.38. The first-order chi connectivity index (χ1) is 7.84. The highest BCUT2D eigenvalue weighted by Gasteiger charge is 2.47. The fourth-order valence-electron chi connectivity index (χ4n) is 1.55. The number of carbonyl (C=O) groups excluding carboxylic acids is 1. The zero-order valence-electron chi connectivity index (χ0n) is 10.7. The SMILES string of the molecule is CCOC(=O)C(C)(C)C(C)(O)c1ccncc1. The summed E-state index contributed by atoms with van der Waals surface area (Å²) in [4.78, 5) is 15.8. The number of hydrogen-bond acceptors (Lipinski definition) is 4. The molecular weight excluding hydrogens is 218 g/mol. The smallest absolute Gasteiger partial charge is 0.314 e. The fourth-order valence-corrected chi connectivity index (χ4v) is 1.55. The van der Waals surface area contributed by atoms with Gasteiger partial charge in [-0.05, 0) is 45.4 Å². The summed E-state index contributed by atoms with van der Waals surface area (Å²) in [6, 6.07) is 3.39. The van der Waals surface area contributed by atoms with Gasteiger partial charge >= 0.3 is 5.97 Å². The molecule has 1 unspecified atom stereocenters. The van der Waals surface area contributed by atoms with Crippen molar-refractivity contribution in [2.75, 3.05) is 6.61 Å². The third kappa shape index (κ3) is 2.47. The molecule has 1 rings (SSSR count). The van der Waals surface area contributed by atoms with Crippen molar-refractivity contribution in [1.29, 1.82) is 0 Å². The second-order valence-corrected chi connectivity index (χ2v) is 4.65. The average molecular weight is 237 g/mol. The Morgan fingerprint density at radius 3 is 2.35 bits per heavy atom. The summed E-state index contributed by atoms with van der Waals surface area (Å²) in [5.74, 6) is -0.415. The molecule has 17 heavy (non-hydrogen) atoms. The summed E-state index contributed by atoms with van der Waals surface area (Å²) in [5.41, 5.74) is -1.68. The molecule has 0 aliphatic heterocycles. The number of carbonyl (C=O) groups is 1. The minimum absolute atomic E-state index is 0.300. The molecule has 1 aromatic heterocycles. The minimum Gasteiger partial charge on any atom is -0.465 e. The second kappa shape index (κ2) is 4.84. The van der Waals surface area contributed by atoms with Crippen LogP contribution in [0.3, 0.4) is 0 Å². The van der Waals surface area contributed by atoms with E-state index in [9.17, 15) is 9.90 Å². The van der Waals surface area contributed by atoms with Crippen molar-refractivity contribution in [2.45, 2.75) is 33.3 Å². The van der Waals surface area contributed by atoms with Crippen LogP contribution in [0, 0.1) is 5.41 Å². The van der Waals surface area contributed by atoms with Gasteiger partial charge < -0.3 is 9.84 Å². The van der Waals surface area contributed by atoms with Crippen LogP contribution in [0.25, 0.3) is 0 Å². The molecule has 94 valence electrons. The van der Waals surface area contributed by atoms with Crippen molar-refractivity contribution < 1.29 is 14.6 Å². The standard InChI is InChI=1S/C13H19NO3/c1-5-17-11(15)12(2,3)13(4,16)10-6-8-14-9-7-10/h6-9,16H,5H2,1-4H3. The Balaban J connectivity index is 3.08. The Labute approximate surface area is 102 Å². The quantitative estimate of drug-likeness (QED) is 0.812. The molecule has 0 saturated heterocycles. The third-order valence-electron chi connectivity index (χ3n) is 3.25. The minimum atomic E-state index is -1.30. The topological polar surface area (TPSA) is 59.4 Å². The van der Waals surface area contributed by atoms with Crippen LogP contribution in [-0.2, 0) is 15.1 Å². The fraction of sp³-hybridized carbons (Fsp3) is 0.538. The lowest BCUT2D eigenvalue weighted by atomic mass is 9.72. The van der Waals surface area contributed by atoms with Crippen molar-refractivity contribution in [3.63, 3.8) is 0 Å². The number of aliphatic hydroxyl groups is 1. The molecule has 4 nitrogen and oxygen atoms in total. The first-order valence-electron chi connectivity index (χ1n) is 5.64. The molecule has 1 N–H and O–H groups in total. The van der Waals surface area contributed by atoms with Crippen LogP contribution < -0.4 is 0 Å². The summed E-state index contributed by atoms with van der Waals surface area (Å²) in [7, 11) is 0. The van der Waals surface area contributed by atoms with Crippen molar-refractivity contribution in [3.8, 4) is 0 Å². The first kappa shape index (κ1) is 13.6. The molecule has 1 atom stereocenters. The maximum atomic E-state index is 11.9. The summed E-state index contributed by atoms with van der Waals surface area (Å²) >= 11 is 0. The van der Waals surface area contributed by atoms with Gasteiger partial charge in [0, 0.05) is 12.4 Å². The molecule has 0 aromatic carbocycles. The molecule has 0 fully saturated rings. The number of esters is 1. The van der Waals surface area contributed by atoms with E-state index >= 15 is 0 Å². The van der Waals surface area contributed by atoms with E-state index in [1.54, 1.807) is 52.2 Å². The van der Waals surface area contributed by atoms with Crippen LogP contribution in [0.15, 0.2) is 24.5 Å². The summed E-state index contributed by atoms with van der Waals surface area (Å²) in [5, 5.41) is 10.6. The lowest BCUT2D eigenvalue weighted by molar-refractivity contribution is -0.170. The highest BCUT2D eigenvalue weighted by atomic mass is 16.5. The summed E-state index contributed by atoms with van der Waals surface area (Å²) in [6.45, 7) is 7.00. The van der Waals surface area contributed by atoms with E-state index in [4.69, 9.17) is 4.74 Å². The van der Waals surface area contributed by atoms with Crippen molar-refractivity contribution >= 4 is 5.97 Å². The predicted molar refractivity (Wildman–Crippen MR) is 64.2 cm³/mol.